The molecular weight excluding hydrogens is 218 g/mol. The molecule has 1 N–H and O–H groups in total. The highest BCUT2D eigenvalue weighted by Gasteiger charge is 2.11. The fraction of sp³-hybridized carbons (Fsp3) is 0.500. The zero-order chi connectivity index (χ0) is 12.7. The first-order valence-electron chi connectivity index (χ1n) is 5.45. The van der Waals surface area contributed by atoms with Crippen LogP contribution in [0.3, 0.4) is 0 Å². The fourth-order valence-electron chi connectivity index (χ4n) is 1.36. The molecule has 5 heteroatoms. The van der Waals surface area contributed by atoms with Crippen molar-refractivity contribution in [3.05, 3.63) is 23.5 Å². The van der Waals surface area contributed by atoms with Gasteiger partial charge in [-0.15, -0.1) is 0 Å². The van der Waals surface area contributed by atoms with Crippen LogP contribution in [0.1, 0.15) is 19.4 Å². The number of rotatable bonds is 6. The van der Waals surface area contributed by atoms with E-state index in [2.05, 4.69) is 35.2 Å². The van der Waals surface area contributed by atoms with E-state index < -0.39 is 0 Å². The van der Waals surface area contributed by atoms with Gasteiger partial charge in [-0.1, -0.05) is 11.6 Å². The lowest BCUT2D eigenvalue weighted by Gasteiger charge is -2.10. The van der Waals surface area contributed by atoms with Gasteiger partial charge >= 0.3 is 0 Å². The Kier molecular flexibility index (Phi) is 5.42. The summed E-state index contributed by atoms with van der Waals surface area (Å²) in [5, 5.41) is 3.27. The highest BCUT2D eigenvalue weighted by atomic mass is 16.5. The molecule has 0 bridgehead atoms. The second kappa shape index (κ2) is 6.85. The summed E-state index contributed by atoms with van der Waals surface area (Å²) in [4.78, 5) is 8.10. The van der Waals surface area contributed by atoms with Gasteiger partial charge in [-0.05, 0) is 13.8 Å². The number of hydrogen-bond acceptors (Lipinski definition) is 5. The smallest absolute Gasteiger partial charge is 0.224 e. The van der Waals surface area contributed by atoms with Crippen molar-refractivity contribution in [3.63, 3.8) is 0 Å². The van der Waals surface area contributed by atoms with E-state index in [9.17, 15) is 0 Å². The largest absolute Gasteiger partial charge is 0.481 e. The molecule has 0 saturated heterocycles. The standard InChI is InChI=1S/C12H19N3O2/c1-9(2)5-6-13-7-10-11(16-3)14-8-15-12(10)17-4/h5,8,13H,6-7H2,1-4H3. The predicted molar refractivity (Wildman–Crippen MR) is 66.3 cm³/mol. The molecule has 0 aliphatic carbocycles. The second-order valence-electron chi connectivity index (χ2n) is 3.78. The lowest BCUT2D eigenvalue weighted by atomic mass is 10.3. The van der Waals surface area contributed by atoms with Crippen LogP contribution in [0, 0.1) is 0 Å². The molecule has 1 aromatic heterocycles. The van der Waals surface area contributed by atoms with Crippen molar-refractivity contribution in [3.8, 4) is 11.8 Å². The van der Waals surface area contributed by atoms with E-state index in [4.69, 9.17) is 9.47 Å². The molecule has 94 valence electrons. The van der Waals surface area contributed by atoms with Crippen LogP contribution in [0.15, 0.2) is 18.0 Å². The number of hydrogen-bond donors (Lipinski definition) is 1. The van der Waals surface area contributed by atoms with Crippen LogP contribution < -0.4 is 14.8 Å². The molecule has 0 radical (unpaired) electrons. The Morgan fingerprint density at radius 2 is 1.82 bits per heavy atom. The number of ether oxygens (including phenoxy) is 2. The van der Waals surface area contributed by atoms with Gasteiger partial charge in [0.15, 0.2) is 0 Å². The first-order chi connectivity index (χ1) is 8.19. The SMILES string of the molecule is COc1ncnc(OC)c1CNCC=C(C)C. The molecule has 5 nitrogen and oxygen atoms in total. The Hall–Kier alpha value is -1.62. The molecule has 1 heterocycles. The highest BCUT2D eigenvalue weighted by molar-refractivity contribution is 5.34. The third kappa shape index (κ3) is 4.03. The van der Waals surface area contributed by atoms with Crippen LogP contribution in [-0.2, 0) is 6.54 Å². The first kappa shape index (κ1) is 13.4. The van der Waals surface area contributed by atoms with Gasteiger partial charge in [-0.25, -0.2) is 9.97 Å². The molecule has 0 saturated carbocycles. The Balaban J connectivity index is 2.71. The van der Waals surface area contributed by atoms with E-state index in [1.54, 1.807) is 14.2 Å². The summed E-state index contributed by atoms with van der Waals surface area (Å²) in [5.41, 5.74) is 2.11. The van der Waals surface area contributed by atoms with Crippen LogP contribution in [0.5, 0.6) is 11.8 Å². The van der Waals surface area contributed by atoms with Crippen molar-refractivity contribution in [2.24, 2.45) is 0 Å². The van der Waals surface area contributed by atoms with Crippen molar-refractivity contribution in [2.75, 3.05) is 20.8 Å². The number of methoxy groups -OCH3 is 2. The number of aromatic nitrogens is 2. The average molecular weight is 237 g/mol. The van der Waals surface area contributed by atoms with E-state index in [1.165, 1.54) is 11.9 Å². The van der Waals surface area contributed by atoms with Gasteiger partial charge in [0, 0.05) is 13.1 Å². The molecule has 1 aromatic rings. The zero-order valence-corrected chi connectivity index (χ0v) is 10.8. The molecule has 0 aliphatic heterocycles. The topological polar surface area (TPSA) is 56.3 Å². The molecule has 17 heavy (non-hydrogen) atoms. The normalized spacial score (nSPS) is 9.88. The second-order valence-corrected chi connectivity index (χ2v) is 3.78. The fourth-order valence-corrected chi connectivity index (χ4v) is 1.36. The van der Waals surface area contributed by atoms with E-state index in [-0.39, 0.29) is 0 Å². The third-order valence-corrected chi connectivity index (χ3v) is 2.21. The van der Waals surface area contributed by atoms with E-state index in [1.807, 2.05) is 0 Å². The van der Waals surface area contributed by atoms with E-state index in [0.717, 1.165) is 12.1 Å². The van der Waals surface area contributed by atoms with Crippen molar-refractivity contribution in [1.82, 2.24) is 15.3 Å². The molecule has 0 aliphatic rings. The monoisotopic (exact) mass is 237 g/mol. The van der Waals surface area contributed by atoms with Crippen LogP contribution in [0.2, 0.25) is 0 Å². The molecular formula is C12H19N3O2. The van der Waals surface area contributed by atoms with Crippen molar-refractivity contribution in [1.29, 1.82) is 0 Å². The maximum absolute atomic E-state index is 5.18. The van der Waals surface area contributed by atoms with E-state index >= 15 is 0 Å². The summed E-state index contributed by atoms with van der Waals surface area (Å²) in [6.07, 6.45) is 3.54. The van der Waals surface area contributed by atoms with Gasteiger partial charge in [-0.2, -0.15) is 0 Å². The highest BCUT2D eigenvalue weighted by Crippen LogP contribution is 2.22. The van der Waals surface area contributed by atoms with Crippen LogP contribution in [-0.4, -0.2) is 30.7 Å². The zero-order valence-electron chi connectivity index (χ0n) is 10.8. The lowest BCUT2D eigenvalue weighted by Crippen LogP contribution is -2.15. The molecule has 0 fully saturated rings. The third-order valence-electron chi connectivity index (χ3n) is 2.21. The summed E-state index contributed by atoms with van der Waals surface area (Å²) in [6.45, 7) is 5.53. The average Bonchev–Trinajstić information content (AvgIpc) is 2.34. The van der Waals surface area contributed by atoms with Crippen molar-refractivity contribution < 1.29 is 9.47 Å². The van der Waals surface area contributed by atoms with Crippen LogP contribution in [0.4, 0.5) is 0 Å². The number of allylic oxidation sites excluding steroid dienone is 1. The van der Waals surface area contributed by atoms with Gasteiger partial charge < -0.3 is 14.8 Å². The number of nitrogens with zero attached hydrogens (tertiary/aromatic N) is 2. The first-order valence-corrected chi connectivity index (χ1v) is 5.45. The molecule has 0 spiro atoms. The van der Waals surface area contributed by atoms with Gasteiger partial charge in [0.2, 0.25) is 11.8 Å². The lowest BCUT2D eigenvalue weighted by molar-refractivity contribution is 0.360. The molecule has 0 atom stereocenters. The maximum Gasteiger partial charge on any atom is 0.224 e. The summed E-state index contributed by atoms with van der Waals surface area (Å²) in [7, 11) is 3.17. The van der Waals surface area contributed by atoms with Crippen LogP contribution >= 0.6 is 0 Å². The Morgan fingerprint density at radius 3 is 2.29 bits per heavy atom. The van der Waals surface area contributed by atoms with Gasteiger partial charge in [-0.3, -0.25) is 0 Å². The maximum atomic E-state index is 5.18. The molecule has 1 rings (SSSR count). The number of nitrogens with one attached hydrogen (secondary N) is 1. The minimum absolute atomic E-state index is 0.543. The van der Waals surface area contributed by atoms with Crippen molar-refractivity contribution >= 4 is 0 Å². The van der Waals surface area contributed by atoms with Crippen LogP contribution in [0.25, 0.3) is 0 Å². The van der Waals surface area contributed by atoms with Crippen molar-refractivity contribution in [2.45, 2.75) is 20.4 Å². The minimum atomic E-state index is 0.543. The Labute approximate surface area is 102 Å². The summed E-state index contributed by atoms with van der Waals surface area (Å²) < 4.78 is 10.4. The quantitative estimate of drug-likeness (QED) is 0.601. The summed E-state index contributed by atoms with van der Waals surface area (Å²) >= 11 is 0. The molecule has 0 unspecified atom stereocenters. The van der Waals surface area contributed by atoms with E-state index in [0.29, 0.717) is 18.3 Å². The molecule has 0 amide bonds. The Morgan fingerprint density at radius 1 is 1.24 bits per heavy atom. The van der Waals surface area contributed by atoms with Gasteiger partial charge in [0.1, 0.15) is 6.33 Å². The van der Waals surface area contributed by atoms with Gasteiger partial charge in [0.25, 0.3) is 0 Å². The Bertz CT molecular complexity index is 365. The van der Waals surface area contributed by atoms with Gasteiger partial charge in [0.05, 0.1) is 19.8 Å². The molecule has 0 aromatic carbocycles. The summed E-state index contributed by atoms with van der Waals surface area (Å²) in [6, 6.07) is 0. The minimum Gasteiger partial charge on any atom is -0.481 e. The predicted octanol–water partition coefficient (Wildman–Crippen LogP) is 1.55. The summed E-state index contributed by atoms with van der Waals surface area (Å²) in [5.74, 6) is 1.09.